The number of anilines is 1. The van der Waals surface area contributed by atoms with E-state index in [1.54, 1.807) is 5.56 Å². The number of hydrogen-bond donors (Lipinski definition) is 1. The number of nitrogens with one attached hydrogen (secondary N) is 1. The minimum absolute atomic E-state index is 0.349. The summed E-state index contributed by atoms with van der Waals surface area (Å²) in [5, 5.41) is 3.63. The Bertz CT molecular complexity index is 454. The molecule has 1 heterocycles. The van der Waals surface area contributed by atoms with Gasteiger partial charge in [-0.3, -0.25) is 0 Å². The lowest BCUT2D eigenvalue weighted by Gasteiger charge is -2.14. The predicted molar refractivity (Wildman–Crippen MR) is 68.9 cm³/mol. The van der Waals surface area contributed by atoms with E-state index >= 15 is 0 Å². The number of rotatable bonds is 0. The van der Waals surface area contributed by atoms with Gasteiger partial charge in [0, 0.05) is 17.6 Å². The molecule has 1 aliphatic heterocycles. The van der Waals surface area contributed by atoms with E-state index in [1.165, 1.54) is 11.3 Å². The van der Waals surface area contributed by atoms with Crippen LogP contribution in [0, 0.1) is 17.8 Å². The molecule has 1 nitrogen and oxygen atoms in total. The van der Waals surface area contributed by atoms with Gasteiger partial charge in [0.05, 0.1) is 0 Å². The Morgan fingerprint density at radius 3 is 2.25 bits per heavy atom. The van der Waals surface area contributed by atoms with Crippen LogP contribution >= 0.6 is 0 Å². The smallest absolute Gasteiger partial charge is 0.0409 e. The van der Waals surface area contributed by atoms with Crippen molar-refractivity contribution in [3.8, 4) is 0 Å². The van der Waals surface area contributed by atoms with Crippen LogP contribution in [0.25, 0.3) is 0 Å². The second-order valence-corrected chi connectivity index (χ2v) is 6.51. The van der Waals surface area contributed by atoms with E-state index in [4.69, 9.17) is 0 Å². The normalized spacial score (nSPS) is 26.3. The van der Waals surface area contributed by atoms with Crippen molar-refractivity contribution in [1.29, 1.82) is 0 Å². The summed E-state index contributed by atoms with van der Waals surface area (Å²) in [6.07, 6.45) is 0. The summed E-state index contributed by atoms with van der Waals surface area (Å²) in [4.78, 5) is 0. The largest absolute Gasteiger partial charge is 0.384 e. The van der Waals surface area contributed by atoms with Crippen LogP contribution in [0.3, 0.4) is 0 Å². The zero-order chi connectivity index (χ0) is 11.8. The Kier molecular flexibility index (Phi) is 1.57. The fraction of sp³-hybridized carbons (Fsp3) is 0.600. The first-order chi connectivity index (χ1) is 7.36. The van der Waals surface area contributed by atoms with Gasteiger partial charge in [-0.2, -0.15) is 0 Å². The third-order valence-electron chi connectivity index (χ3n) is 5.90. The molecule has 0 amide bonds. The Hall–Kier alpha value is -0.980. The molecule has 0 saturated heterocycles. The average molecular weight is 215 g/mol. The van der Waals surface area contributed by atoms with E-state index in [0.717, 1.165) is 6.54 Å². The molecule has 1 fully saturated rings. The van der Waals surface area contributed by atoms with E-state index in [1.807, 2.05) is 0 Å². The van der Waals surface area contributed by atoms with Crippen molar-refractivity contribution in [3.05, 3.63) is 29.3 Å². The van der Waals surface area contributed by atoms with Crippen molar-refractivity contribution in [1.82, 2.24) is 0 Å². The fourth-order valence-electron chi connectivity index (χ4n) is 4.12. The van der Waals surface area contributed by atoms with E-state index in [0.29, 0.717) is 16.2 Å². The summed E-state index contributed by atoms with van der Waals surface area (Å²) in [7, 11) is 0. The molecule has 86 valence electrons. The molecule has 1 aliphatic carbocycles. The first-order valence-electron chi connectivity index (χ1n) is 6.20. The standard InChI is InChI=1S/C15H21N/c1-10-7-6-8-11-12(10)16-9-15(11)13(2,3)14(15,4)5/h6-8,16H,9H2,1-5H3. The average Bonchev–Trinajstić information content (AvgIpc) is 2.54. The zero-order valence-corrected chi connectivity index (χ0v) is 10.9. The van der Waals surface area contributed by atoms with E-state index in [2.05, 4.69) is 58.1 Å². The molecule has 1 N–H and O–H groups in total. The molecule has 2 aliphatic rings. The molecule has 0 aromatic heterocycles. The van der Waals surface area contributed by atoms with Crippen molar-refractivity contribution in [2.45, 2.75) is 40.0 Å². The lowest BCUT2D eigenvalue weighted by molar-refractivity contribution is 0.457. The van der Waals surface area contributed by atoms with Crippen LogP contribution in [0.5, 0.6) is 0 Å². The maximum atomic E-state index is 3.63. The minimum Gasteiger partial charge on any atom is -0.384 e. The van der Waals surface area contributed by atoms with Crippen molar-refractivity contribution in [2.24, 2.45) is 10.8 Å². The first-order valence-corrected chi connectivity index (χ1v) is 6.20. The Labute approximate surface area is 98.3 Å². The van der Waals surface area contributed by atoms with Crippen LogP contribution in [0.1, 0.15) is 38.8 Å². The van der Waals surface area contributed by atoms with Gasteiger partial charge >= 0.3 is 0 Å². The number of hydrogen-bond acceptors (Lipinski definition) is 1. The molecule has 0 unspecified atom stereocenters. The van der Waals surface area contributed by atoms with Crippen LogP contribution in [0.15, 0.2) is 18.2 Å². The van der Waals surface area contributed by atoms with Gasteiger partial charge < -0.3 is 5.32 Å². The van der Waals surface area contributed by atoms with Crippen molar-refractivity contribution < 1.29 is 0 Å². The Balaban J connectivity index is 2.23. The Morgan fingerprint density at radius 1 is 1.06 bits per heavy atom. The molecule has 1 heteroatoms. The van der Waals surface area contributed by atoms with Crippen LogP contribution in [-0.4, -0.2) is 6.54 Å². The van der Waals surface area contributed by atoms with Gasteiger partial charge in [0.1, 0.15) is 0 Å². The third-order valence-corrected chi connectivity index (χ3v) is 5.90. The van der Waals surface area contributed by atoms with Gasteiger partial charge in [0.25, 0.3) is 0 Å². The molecular weight excluding hydrogens is 194 g/mol. The Morgan fingerprint density at radius 2 is 1.69 bits per heavy atom. The van der Waals surface area contributed by atoms with Crippen molar-refractivity contribution in [2.75, 3.05) is 11.9 Å². The highest BCUT2D eigenvalue weighted by molar-refractivity contribution is 5.70. The molecule has 0 atom stereocenters. The molecule has 3 rings (SSSR count). The molecule has 16 heavy (non-hydrogen) atoms. The summed E-state index contributed by atoms with van der Waals surface area (Å²) >= 11 is 0. The van der Waals surface area contributed by atoms with Gasteiger partial charge in [-0.15, -0.1) is 0 Å². The van der Waals surface area contributed by atoms with Gasteiger partial charge in [0.2, 0.25) is 0 Å². The van der Waals surface area contributed by atoms with Gasteiger partial charge in [0.15, 0.2) is 0 Å². The lowest BCUT2D eigenvalue weighted by atomic mass is 9.87. The first kappa shape index (κ1) is 10.2. The summed E-state index contributed by atoms with van der Waals surface area (Å²) in [6, 6.07) is 6.72. The second kappa shape index (κ2) is 2.47. The number of fused-ring (bicyclic) bond motifs is 2. The van der Waals surface area contributed by atoms with Crippen LogP contribution in [0.2, 0.25) is 0 Å². The molecule has 1 spiro atoms. The second-order valence-electron chi connectivity index (χ2n) is 6.51. The molecule has 1 saturated carbocycles. The van der Waals surface area contributed by atoms with Gasteiger partial charge in [-0.25, -0.2) is 0 Å². The summed E-state index contributed by atoms with van der Waals surface area (Å²) in [5.74, 6) is 0. The zero-order valence-electron chi connectivity index (χ0n) is 10.9. The highest BCUT2D eigenvalue weighted by atomic mass is 15.0. The topological polar surface area (TPSA) is 12.0 Å². The predicted octanol–water partition coefficient (Wildman–Crippen LogP) is 3.72. The van der Waals surface area contributed by atoms with Crippen LogP contribution < -0.4 is 5.32 Å². The molecule has 1 aromatic rings. The molecular formula is C15H21N. The summed E-state index contributed by atoms with van der Waals surface area (Å²) in [5.41, 5.74) is 5.45. The SMILES string of the molecule is Cc1cccc2c1NCC21C(C)(C)C1(C)C. The monoisotopic (exact) mass is 215 g/mol. The summed E-state index contributed by atoms with van der Waals surface area (Å²) < 4.78 is 0. The molecule has 0 radical (unpaired) electrons. The lowest BCUT2D eigenvalue weighted by Crippen LogP contribution is -2.18. The number of para-hydroxylation sites is 1. The van der Waals surface area contributed by atoms with Gasteiger partial charge in [-0.05, 0) is 28.9 Å². The van der Waals surface area contributed by atoms with Gasteiger partial charge in [-0.1, -0.05) is 45.9 Å². The van der Waals surface area contributed by atoms with Crippen molar-refractivity contribution >= 4 is 5.69 Å². The third kappa shape index (κ3) is 0.752. The number of aryl methyl sites for hydroxylation is 1. The number of benzene rings is 1. The van der Waals surface area contributed by atoms with Crippen molar-refractivity contribution in [3.63, 3.8) is 0 Å². The van der Waals surface area contributed by atoms with Crippen LogP contribution in [0.4, 0.5) is 5.69 Å². The maximum Gasteiger partial charge on any atom is 0.0409 e. The fourth-order valence-corrected chi connectivity index (χ4v) is 4.12. The van der Waals surface area contributed by atoms with E-state index < -0.39 is 0 Å². The quantitative estimate of drug-likeness (QED) is 0.695. The molecule has 1 aromatic carbocycles. The van der Waals surface area contributed by atoms with E-state index in [9.17, 15) is 0 Å². The van der Waals surface area contributed by atoms with E-state index in [-0.39, 0.29) is 0 Å². The maximum absolute atomic E-state index is 3.63. The highest BCUT2D eigenvalue weighted by Crippen LogP contribution is 2.80. The minimum atomic E-state index is 0.349. The van der Waals surface area contributed by atoms with Crippen LogP contribution in [-0.2, 0) is 5.41 Å². The molecule has 0 bridgehead atoms. The highest BCUT2D eigenvalue weighted by Gasteiger charge is 2.78. The summed E-state index contributed by atoms with van der Waals surface area (Å²) in [6.45, 7) is 12.9.